The van der Waals surface area contributed by atoms with Crippen LogP contribution in [0.3, 0.4) is 0 Å². The first-order chi connectivity index (χ1) is 25.5. The zero-order valence-electron chi connectivity index (χ0n) is 32.2. The van der Waals surface area contributed by atoms with E-state index in [0.29, 0.717) is 50.9 Å². The predicted octanol–water partition coefficient (Wildman–Crippen LogP) is 7.05. The number of rotatable bonds is 16. The number of hydrogen-bond donors (Lipinski definition) is 4. The quantitative estimate of drug-likeness (QED) is 0.136. The molecule has 2 saturated carbocycles. The Balaban J connectivity index is 1.02. The number of carbonyl (C=O) groups excluding carboxylic acids is 4. The normalized spacial score (nSPS) is 20.0. The molecular weight excluding hydrogens is 672 g/mol. The maximum Gasteiger partial charge on any atom is 0.407 e. The van der Waals surface area contributed by atoms with Crippen molar-refractivity contribution in [2.24, 2.45) is 17.3 Å². The van der Waals surface area contributed by atoms with Crippen LogP contribution < -0.4 is 21.3 Å². The van der Waals surface area contributed by atoms with Crippen LogP contribution in [-0.4, -0.2) is 86.5 Å². The third-order valence-electron chi connectivity index (χ3n) is 11.2. The fourth-order valence-electron chi connectivity index (χ4n) is 7.67. The number of benzene rings is 2. The van der Waals surface area contributed by atoms with Crippen LogP contribution in [0.2, 0.25) is 0 Å². The molecule has 4 N–H and O–H groups in total. The fraction of sp³-hybridized carbons (Fsp3) is 0.610. The summed E-state index contributed by atoms with van der Waals surface area (Å²) in [6.07, 6.45) is 8.36. The average Bonchev–Trinajstić information content (AvgIpc) is 3.17. The van der Waals surface area contributed by atoms with E-state index < -0.39 is 0 Å². The summed E-state index contributed by atoms with van der Waals surface area (Å²) in [5.41, 5.74) is 2.26. The molecule has 6 amide bonds. The number of nitrogens with one attached hydrogen (secondary N) is 4. The lowest BCUT2D eigenvalue weighted by Crippen LogP contribution is -2.44. The lowest BCUT2D eigenvalue weighted by molar-refractivity contribution is 0.0455. The third-order valence-corrected chi connectivity index (χ3v) is 11.2. The number of amides is 6. The Kier molecular flexibility index (Phi) is 16.6. The monoisotopic (exact) mass is 734 g/mol. The second-order valence-electron chi connectivity index (χ2n) is 15.3. The first-order valence-electron chi connectivity index (χ1n) is 19.4. The van der Waals surface area contributed by atoms with Crippen LogP contribution in [0.1, 0.15) is 89.2 Å². The van der Waals surface area contributed by atoms with Crippen LogP contribution in [0, 0.1) is 17.3 Å². The zero-order chi connectivity index (χ0) is 38.1. The number of urea groups is 2. The van der Waals surface area contributed by atoms with E-state index in [4.69, 9.17) is 9.47 Å². The molecule has 2 aliphatic rings. The maximum absolute atomic E-state index is 12.5. The molecule has 0 heterocycles. The Morgan fingerprint density at radius 1 is 0.604 bits per heavy atom. The van der Waals surface area contributed by atoms with E-state index in [1.807, 2.05) is 60.7 Å². The predicted molar refractivity (Wildman–Crippen MR) is 206 cm³/mol. The first kappa shape index (κ1) is 41.3. The number of hydrogen-bond acceptors (Lipinski definition) is 6. The smallest absolute Gasteiger partial charge is 0.407 e. The van der Waals surface area contributed by atoms with Gasteiger partial charge in [0.25, 0.3) is 0 Å². The second-order valence-corrected chi connectivity index (χ2v) is 15.3. The molecule has 53 heavy (non-hydrogen) atoms. The van der Waals surface area contributed by atoms with E-state index >= 15 is 0 Å². The molecular formula is C41H62N6O6. The topological polar surface area (TPSA) is 141 Å². The van der Waals surface area contributed by atoms with Crippen LogP contribution in [-0.2, 0) is 22.6 Å². The first-order valence-corrected chi connectivity index (χ1v) is 19.4. The Labute approximate surface area is 316 Å². The Hall–Kier alpha value is -4.48. The largest absolute Gasteiger partial charge is 0.449 e. The van der Waals surface area contributed by atoms with Crippen LogP contribution >= 0.6 is 0 Å². The highest BCUT2D eigenvalue weighted by Crippen LogP contribution is 2.48. The minimum atomic E-state index is -0.387. The third kappa shape index (κ3) is 14.1. The lowest BCUT2D eigenvalue weighted by Gasteiger charge is -2.46. The molecule has 2 aromatic rings. The van der Waals surface area contributed by atoms with Gasteiger partial charge in [0.05, 0.1) is 13.2 Å². The van der Waals surface area contributed by atoms with Gasteiger partial charge in [-0.2, -0.15) is 0 Å². The van der Waals surface area contributed by atoms with Gasteiger partial charge in [-0.15, -0.1) is 0 Å². The summed E-state index contributed by atoms with van der Waals surface area (Å²) in [7, 11) is 3.48. The summed E-state index contributed by atoms with van der Waals surface area (Å²) in [6.45, 7) is 7.23. The summed E-state index contributed by atoms with van der Waals surface area (Å²) in [6, 6.07) is 19.5. The van der Waals surface area contributed by atoms with E-state index in [9.17, 15) is 19.2 Å². The Bertz CT molecular complexity index is 1310. The summed E-state index contributed by atoms with van der Waals surface area (Å²) in [5, 5.41) is 11.9. The molecule has 2 aromatic carbocycles. The SMILES string of the molecule is CN(CCCOC(=O)NC1CCC(C(C)(C)C2CCC(NC(=O)OCCCN(C)C(=O)NCc3ccccc3)CC2)CC1)C(=O)NCc1ccccc1. The molecule has 4 rings (SSSR count). The average molecular weight is 735 g/mol. The van der Waals surface area contributed by atoms with E-state index in [0.717, 1.165) is 62.5 Å². The Morgan fingerprint density at radius 3 is 1.32 bits per heavy atom. The van der Waals surface area contributed by atoms with Gasteiger partial charge in [0.15, 0.2) is 0 Å². The van der Waals surface area contributed by atoms with Crippen LogP contribution in [0.4, 0.5) is 19.2 Å². The van der Waals surface area contributed by atoms with Crippen molar-refractivity contribution < 1.29 is 28.7 Å². The summed E-state index contributed by atoms with van der Waals surface area (Å²) >= 11 is 0. The van der Waals surface area contributed by atoms with Crippen LogP contribution in [0.15, 0.2) is 60.7 Å². The Morgan fingerprint density at radius 2 is 0.962 bits per heavy atom. The molecule has 0 aliphatic heterocycles. The van der Waals surface area contributed by atoms with Gasteiger partial charge in [-0.1, -0.05) is 74.5 Å². The summed E-state index contributed by atoms with van der Waals surface area (Å²) < 4.78 is 10.9. The molecule has 0 atom stereocenters. The van der Waals surface area contributed by atoms with Crippen molar-refractivity contribution in [3.8, 4) is 0 Å². The minimum Gasteiger partial charge on any atom is -0.449 e. The molecule has 2 aliphatic carbocycles. The number of ether oxygens (including phenoxy) is 2. The molecule has 0 bridgehead atoms. The molecule has 2 fully saturated rings. The zero-order valence-corrected chi connectivity index (χ0v) is 32.2. The highest BCUT2D eigenvalue weighted by molar-refractivity contribution is 5.74. The second kappa shape index (κ2) is 21.3. The van der Waals surface area contributed by atoms with Gasteiger partial charge in [0.1, 0.15) is 0 Å². The highest BCUT2D eigenvalue weighted by Gasteiger charge is 2.41. The van der Waals surface area contributed by atoms with E-state index in [2.05, 4.69) is 35.1 Å². The number of carbonyl (C=O) groups is 4. The standard InChI is InChI=1S/C41H62N6O6/c1-41(2,33-17-21-35(22-18-33)44-39(50)52-27-11-25-46(3)37(48)42-29-31-13-7-5-8-14-31)34-19-23-36(24-20-34)45-40(51)53-28-12-26-47(4)38(49)43-30-32-15-9-6-10-16-32/h5-10,13-16,33-36H,11-12,17-30H2,1-4H3,(H,42,48)(H,43,49)(H,44,50)(H,45,51). The maximum atomic E-state index is 12.5. The van der Waals surface area contributed by atoms with Crippen molar-refractivity contribution in [1.82, 2.24) is 31.1 Å². The van der Waals surface area contributed by atoms with Crippen molar-refractivity contribution in [3.63, 3.8) is 0 Å². The molecule has 0 unspecified atom stereocenters. The summed E-state index contributed by atoms with van der Waals surface area (Å²) in [4.78, 5) is 52.9. The van der Waals surface area contributed by atoms with Gasteiger partial charge in [-0.25, -0.2) is 19.2 Å². The number of nitrogens with zero attached hydrogens (tertiary/aromatic N) is 2. The highest BCUT2D eigenvalue weighted by atomic mass is 16.6. The van der Waals surface area contributed by atoms with Crippen molar-refractivity contribution in [1.29, 1.82) is 0 Å². The van der Waals surface area contributed by atoms with Gasteiger partial charge < -0.3 is 40.5 Å². The van der Waals surface area contributed by atoms with Gasteiger partial charge in [-0.05, 0) is 92.6 Å². The van der Waals surface area contributed by atoms with E-state index in [-0.39, 0.29) is 55.0 Å². The van der Waals surface area contributed by atoms with Crippen molar-refractivity contribution in [2.45, 2.75) is 103 Å². The van der Waals surface area contributed by atoms with E-state index in [1.165, 1.54) is 0 Å². The molecule has 12 heteroatoms. The molecule has 0 spiro atoms. The van der Waals surface area contributed by atoms with Crippen molar-refractivity contribution in [3.05, 3.63) is 71.8 Å². The van der Waals surface area contributed by atoms with Gasteiger partial charge in [0, 0.05) is 52.4 Å². The fourth-order valence-corrected chi connectivity index (χ4v) is 7.67. The molecule has 0 aromatic heterocycles. The summed E-state index contributed by atoms with van der Waals surface area (Å²) in [5.74, 6) is 1.16. The van der Waals surface area contributed by atoms with E-state index in [1.54, 1.807) is 23.9 Å². The van der Waals surface area contributed by atoms with Gasteiger partial charge in [-0.3, -0.25) is 0 Å². The van der Waals surface area contributed by atoms with Crippen LogP contribution in [0.25, 0.3) is 0 Å². The molecule has 292 valence electrons. The van der Waals surface area contributed by atoms with Gasteiger partial charge in [0.2, 0.25) is 0 Å². The van der Waals surface area contributed by atoms with Crippen molar-refractivity contribution in [2.75, 3.05) is 40.4 Å². The van der Waals surface area contributed by atoms with Gasteiger partial charge >= 0.3 is 24.2 Å². The lowest BCUT2D eigenvalue weighted by atomic mass is 9.60. The van der Waals surface area contributed by atoms with Crippen molar-refractivity contribution >= 4 is 24.2 Å². The molecule has 0 saturated heterocycles. The molecule has 12 nitrogen and oxygen atoms in total. The van der Waals surface area contributed by atoms with Crippen LogP contribution in [0.5, 0.6) is 0 Å². The number of alkyl carbamates (subject to hydrolysis) is 2. The minimum absolute atomic E-state index is 0.115. The molecule has 0 radical (unpaired) electrons.